The van der Waals surface area contributed by atoms with Crippen LogP contribution in [0, 0.1) is 25.2 Å². The maximum atomic E-state index is 9.75. The average Bonchev–Trinajstić information content (AvgIpc) is 3.10. The van der Waals surface area contributed by atoms with E-state index in [0.717, 1.165) is 28.1 Å². The Morgan fingerprint density at radius 2 is 1.79 bits per heavy atom. The molecule has 0 saturated carbocycles. The highest BCUT2D eigenvalue weighted by atomic mass is 15.4. The van der Waals surface area contributed by atoms with Gasteiger partial charge in [-0.05, 0) is 45.9 Å². The quantitative estimate of drug-likeness (QED) is 0.600. The summed E-state index contributed by atoms with van der Waals surface area (Å²) in [5.41, 5.74) is 6.24. The smallest absolute Gasteiger partial charge is 0.218 e. The molecule has 29 heavy (non-hydrogen) atoms. The lowest BCUT2D eigenvalue weighted by molar-refractivity contribution is -0.574. The van der Waals surface area contributed by atoms with Gasteiger partial charge < -0.3 is 9.80 Å². The van der Waals surface area contributed by atoms with E-state index < -0.39 is 0 Å². The molecule has 0 spiro atoms. The number of aromatic nitrogens is 1. The second kappa shape index (κ2) is 7.25. The number of fused-ring (bicyclic) bond motifs is 1. The normalized spacial score (nSPS) is 16.1. The highest BCUT2D eigenvalue weighted by Gasteiger charge is 2.29. The van der Waals surface area contributed by atoms with Crippen LogP contribution in [-0.4, -0.2) is 17.1 Å². The van der Waals surface area contributed by atoms with E-state index in [1.54, 1.807) is 0 Å². The predicted molar refractivity (Wildman–Crippen MR) is 118 cm³/mol. The minimum absolute atomic E-state index is 0.203. The Kier molecular flexibility index (Phi) is 4.76. The summed E-state index contributed by atoms with van der Waals surface area (Å²) in [7, 11) is 0. The third-order valence-electron chi connectivity index (χ3n) is 5.87. The Balaban J connectivity index is 1.94. The van der Waals surface area contributed by atoms with Gasteiger partial charge in [-0.2, -0.15) is 9.83 Å². The van der Waals surface area contributed by atoms with Crippen LogP contribution in [0.3, 0.4) is 0 Å². The van der Waals surface area contributed by atoms with Gasteiger partial charge >= 0.3 is 0 Å². The lowest BCUT2D eigenvalue weighted by atomic mass is 10.0. The van der Waals surface area contributed by atoms with Crippen LogP contribution in [0.5, 0.6) is 0 Å². The molecule has 1 aliphatic heterocycles. The summed E-state index contributed by atoms with van der Waals surface area (Å²) >= 11 is 0. The van der Waals surface area contributed by atoms with Crippen molar-refractivity contribution in [3.05, 3.63) is 77.8 Å². The van der Waals surface area contributed by atoms with Gasteiger partial charge in [0.05, 0.1) is 17.3 Å². The highest BCUT2D eigenvalue weighted by molar-refractivity contribution is 5.76. The summed E-state index contributed by atoms with van der Waals surface area (Å²) in [4.78, 5) is 4.59. The molecule has 2 heterocycles. The fourth-order valence-corrected chi connectivity index (χ4v) is 4.30. The van der Waals surface area contributed by atoms with Crippen LogP contribution in [0.4, 0.5) is 5.69 Å². The Bertz CT molecular complexity index is 1150. The summed E-state index contributed by atoms with van der Waals surface area (Å²) in [6.45, 7) is 10.9. The molecule has 1 aliphatic rings. The zero-order valence-electron chi connectivity index (χ0n) is 17.7. The molecular formula is C25H27N4+. The number of para-hydroxylation sites is 1. The summed E-state index contributed by atoms with van der Waals surface area (Å²) in [5, 5.41) is 10.9. The van der Waals surface area contributed by atoms with Crippen LogP contribution in [0.2, 0.25) is 0 Å². The second-order valence-corrected chi connectivity index (χ2v) is 8.00. The van der Waals surface area contributed by atoms with Crippen molar-refractivity contribution in [3.63, 3.8) is 0 Å². The van der Waals surface area contributed by atoms with Gasteiger partial charge in [-0.1, -0.05) is 12.1 Å². The fourth-order valence-electron chi connectivity index (χ4n) is 4.30. The summed E-state index contributed by atoms with van der Waals surface area (Å²) in [6, 6.07) is 19.5. The minimum Gasteiger partial charge on any atom is -0.353 e. The first-order valence-corrected chi connectivity index (χ1v) is 10.1. The molecule has 0 radical (unpaired) electrons. The molecule has 0 amide bonds. The largest absolute Gasteiger partial charge is 0.353 e. The second-order valence-electron chi connectivity index (χ2n) is 8.00. The maximum absolute atomic E-state index is 9.75. The van der Waals surface area contributed by atoms with E-state index in [0.29, 0.717) is 11.6 Å². The van der Waals surface area contributed by atoms with Gasteiger partial charge in [0.25, 0.3) is 0 Å². The van der Waals surface area contributed by atoms with Gasteiger partial charge in [0, 0.05) is 54.5 Å². The van der Waals surface area contributed by atoms with Gasteiger partial charge in [-0.15, -0.1) is 0 Å². The number of hydrogen-bond acceptors (Lipinski definition) is 3. The molecule has 0 N–H and O–H groups in total. The monoisotopic (exact) mass is 383 g/mol. The van der Waals surface area contributed by atoms with Crippen LogP contribution in [0.25, 0.3) is 16.6 Å². The van der Waals surface area contributed by atoms with Crippen LogP contribution in [0.15, 0.2) is 60.9 Å². The Morgan fingerprint density at radius 1 is 1.03 bits per heavy atom. The lowest BCUT2D eigenvalue weighted by Gasteiger charge is -2.33. The van der Waals surface area contributed by atoms with Gasteiger partial charge in [0.2, 0.25) is 11.2 Å². The topological polar surface area (TPSA) is 34.1 Å². The van der Waals surface area contributed by atoms with Gasteiger partial charge in [-0.3, -0.25) is 0 Å². The standard InChI is InChI=1S/C25H27N4/c1-17(2)27-12-13-28(20(27)5)24-14-21(16-26)15-25(19(24)4)29-18(3)10-11-22-8-6-7-9-23(22)29/h6-15,17,20H,1-5H3/q+1/t20-/m1/s1. The van der Waals surface area contributed by atoms with Crippen molar-refractivity contribution in [1.82, 2.24) is 4.90 Å². The van der Waals surface area contributed by atoms with E-state index in [1.165, 1.54) is 5.39 Å². The van der Waals surface area contributed by atoms with E-state index in [9.17, 15) is 5.26 Å². The summed E-state index contributed by atoms with van der Waals surface area (Å²) in [5.74, 6) is 0. The first kappa shape index (κ1) is 19.0. The zero-order chi connectivity index (χ0) is 20.7. The zero-order valence-corrected chi connectivity index (χ0v) is 17.7. The SMILES string of the molecule is Cc1c(N2C=CN(C(C)C)[C@H]2C)cc(C#N)cc1-[n+]1c(C)ccc2ccccc21. The van der Waals surface area contributed by atoms with Crippen molar-refractivity contribution in [2.75, 3.05) is 4.90 Å². The van der Waals surface area contributed by atoms with Gasteiger partial charge in [0.1, 0.15) is 6.17 Å². The third-order valence-corrected chi connectivity index (χ3v) is 5.87. The maximum Gasteiger partial charge on any atom is 0.218 e. The number of anilines is 1. The van der Waals surface area contributed by atoms with E-state index in [2.05, 4.69) is 104 Å². The molecule has 0 unspecified atom stereocenters. The third kappa shape index (κ3) is 3.13. The molecule has 4 rings (SSSR count). The fraction of sp³-hybridized carbons (Fsp3) is 0.280. The molecule has 146 valence electrons. The van der Waals surface area contributed by atoms with Crippen LogP contribution in [-0.2, 0) is 0 Å². The molecule has 0 aliphatic carbocycles. The summed E-state index contributed by atoms with van der Waals surface area (Å²) < 4.78 is 2.26. The molecule has 0 fully saturated rings. The Morgan fingerprint density at radius 3 is 2.48 bits per heavy atom. The number of aryl methyl sites for hydroxylation is 1. The molecule has 4 nitrogen and oxygen atoms in total. The van der Waals surface area contributed by atoms with Gasteiger partial charge in [-0.25, -0.2) is 0 Å². The predicted octanol–water partition coefficient (Wildman–Crippen LogP) is 4.95. The van der Waals surface area contributed by atoms with Crippen LogP contribution in [0.1, 0.15) is 37.6 Å². The van der Waals surface area contributed by atoms with Crippen molar-refractivity contribution in [2.45, 2.75) is 46.8 Å². The molecule has 0 saturated heterocycles. The number of rotatable bonds is 3. The van der Waals surface area contributed by atoms with Crippen molar-refractivity contribution < 1.29 is 4.57 Å². The molecule has 3 aromatic rings. The number of nitrogens with zero attached hydrogens (tertiary/aromatic N) is 4. The molecule has 1 aromatic heterocycles. The van der Waals surface area contributed by atoms with E-state index in [1.807, 2.05) is 12.1 Å². The highest BCUT2D eigenvalue weighted by Crippen LogP contribution is 2.32. The summed E-state index contributed by atoms with van der Waals surface area (Å²) in [6.07, 6.45) is 4.47. The first-order chi connectivity index (χ1) is 13.9. The molecule has 0 bridgehead atoms. The lowest BCUT2D eigenvalue weighted by Crippen LogP contribution is -2.41. The molecule has 4 heteroatoms. The van der Waals surface area contributed by atoms with Crippen LogP contribution >= 0.6 is 0 Å². The van der Waals surface area contributed by atoms with Crippen molar-refractivity contribution >= 4 is 16.6 Å². The van der Waals surface area contributed by atoms with Crippen molar-refractivity contribution in [3.8, 4) is 11.8 Å². The van der Waals surface area contributed by atoms with E-state index in [-0.39, 0.29) is 6.17 Å². The number of nitriles is 1. The van der Waals surface area contributed by atoms with Crippen molar-refractivity contribution in [2.24, 2.45) is 0 Å². The number of benzene rings is 2. The molecule has 1 atom stereocenters. The number of pyridine rings is 1. The first-order valence-electron chi connectivity index (χ1n) is 10.1. The minimum atomic E-state index is 0.203. The van der Waals surface area contributed by atoms with Gasteiger partial charge in [0.15, 0.2) is 5.69 Å². The van der Waals surface area contributed by atoms with Crippen molar-refractivity contribution in [1.29, 1.82) is 5.26 Å². The average molecular weight is 384 g/mol. The van der Waals surface area contributed by atoms with E-state index in [4.69, 9.17) is 0 Å². The molecule has 2 aromatic carbocycles. The van der Waals surface area contributed by atoms with Crippen LogP contribution < -0.4 is 9.47 Å². The molecular weight excluding hydrogens is 356 g/mol. The Hall–Kier alpha value is -3.32. The Labute approximate surface area is 172 Å². The van der Waals surface area contributed by atoms with E-state index >= 15 is 0 Å². The number of hydrogen-bond donors (Lipinski definition) is 0.